The molecule has 19 heavy (non-hydrogen) atoms. The van der Waals surface area contributed by atoms with Gasteiger partial charge in [0.15, 0.2) is 0 Å². The van der Waals surface area contributed by atoms with Crippen molar-refractivity contribution in [3.63, 3.8) is 0 Å². The van der Waals surface area contributed by atoms with Gasteiger partial charge in [0.1, 0.15) is 0 Å². The van der Waals surface area contributed by atoms with E-state index in [0.29, 0.717) is 5.92 Å². The van der Waals surface area contributed by atoms with E-state index in [1.807, 2.05) is 0 Å². The minimum Gasteiger partial charge on any atom is -0.325 e. The molecule has 3 rings (SSSR count). The highest BCUT2D eigenvalue weighted by Crippen LogP contribution is 2.41. The first-order valence-corrected chi connectivity index (χ1v) is 7.13. The van der Waals surface area contributed by atoms with Crippen molar-refractivity contribution in [2.45, 2.75) is 31.2 Å². The summed E-state index contributed by atoms with van der Waals surface area (Å²) in [7, 11) is 0. The van der Waals surface area contributed by atoms with E-state index in [2.05, 4.69) is 60.7 Å². The third-order valence-electron chi connectivity index (χ3n) is 4.47. The zero-order chi connectivity index (χ0) is 13.1. The van der Waals surface area contributed by atoms with Crippen molar-refractivity contribution in [2.24, 2.45) is 11.7 Å². The highest BCUT2D eigenvalue weighted by molar-refractivity contribution is 5.22. The monoisotopic (exact) mass is 251 g/mol. The summed E-state index contributed by atoms with van der Waals surface area (Å²) in [4.78, 5) is 0. The van der Waals surface area contributed by atoms with Gasteiger partial charge in [-0.1, -0.05) is 60.7 Å². The van der Waals surface area contributed by atoms with Gasteiger partial charge in [-0.05, 0) is 42.7 Å². The highest BCUT2D eigenvalue weighted by atomic mass is 14.8. The smallest absolute Gasteiger partial charge is 0.0227 e. The fraction of sp³-hybridized carbons (Fsp3) is 0.333. The minimum atomic E-state index is -0.00278. The molecule has 1 aliphatic carbocycles. The third-order valence-corrected chi connectivity index (χ3v) is 4.47. The van der Waals surface area contributed by atoms with Crippen LogP contribution in [0.5, 0.6) is 0 Å². The molecule has 1 fully saturated rings. The lowest BCUT2D eigenvalue weighted by Crippen LogP contribution is -2.57. The molecule has 0 heterocycles. The Kier molecular flexibility index (Phi) is 3.39. The lowest BCUT2D eigenvalue weighted by molar-refractivity contribution is 0.126. The summed E-state index contributed by atoms with van der Waals surface area (Å²) in [5.74, 6) is 0.620. The van der Waals surface area contributed by atoms with E-state index < -0.39 is 0 Å². The van der Waals surface area contributed by atoms with Crippen molar-refractivity contribution in [3.8, 4) is 0 Å². The Morgan fingerprint density at radius 1 is 0.895 bits per heavy atom. The van der Waals surface area contributed by atoms with Crippen LogP contribution < -0.4 is 5.73 Å². The van der Waals surface area contributed by atoms with E-state index in [-0.39, 0.29) is 5.54 Å². The molecule has 98 valence electrons. The average Bonchev–Trinajstić information content (AvgIpc) is 2.46. The summed E-state index contributed by atoms with van der Waals surface area (Å²) in [5, 5.41) is 0. The maximum atomic E-state index is 6.63. The van der Waals surface area contributed by atoms with Gasteiger partial charge in [0.05, 0.1) is 0 Å². The number of rotatable bonds is 4. The molecule has 2 aromatic carbocycles. The van der Waals surface area contributed by atoms with Gasteiger partial charge in [-0.2, -0.15) is 0 Å². The van der Waals surface area contributed by atoms with Crippen LogP contribution in [0, 0.1) is 5.92 Å². The molecule has 0 aromatic heterocycles. The molecule has 1 nitrogen and oxygen atoms in total. The molecule has 0 saturated heterocycles. The lowest BCUT2D eigenvalue weighted by atomic mass is 9.62. The average molecular weight is 251 g/mol. The SMILES string of the molecule is NC1(Cc2ccccc2)CCC1Cc1ccccc1. The van der Waals surface area contributed by atoms with Gasteiger partial charge < -0.3 is 5.73 Å². The van der Waals surface area contributed by atoms with Gasteiger partial charge in [-0.3, -0.25) is 0 Å². The van der Waals surface area contributed by atoms with Gasteiger partial charge in [0.25, 0.3) is 0 Å². The Labute approximate surface area is 115 Å². The zero-order valence-electron chi connectivity index (χ0n) is 11.3. The van der Waals surface area contributed by atoms with E-state index in [0.717, 1.165) is 19.3 Å². The number of hydrogen-bond donors (Lipinski definition) is 1. The van der Waals surface area contributed by atoms with Crippen molar-refractivity contribution in [1.82, 2.24) is 0 Å². The van der Waals surface area contributed by atoms with E-state index in [4.69, 9.17) is 5.73 Å². The van der Waals surface area contributed by atoms with Crippen LogP contribution in [0.25, 0.3) is 0 Å². The van der Waals surface area contributed by atoms with Gasteiger partial charge >= 0.3 is 0 Å². The topological polar surface area (TPSA) is 26.0 Å². The van der Waals surface area contributed by atoms with Crippen molar-refractivity contribution >= 4 is 0 Å². The number of hydrogen-bond acceptors (Lipinski definition) is 1. The van der Waals surface area contributed by atoms with Crippen molar-refractivity contribution in [2.75, 3.05) is 0 Å². The Morgan fingerprint density at radius 2 is 1.47 bits per heavy atom. The van der Waals surface area contributed by atoms with E-state index in [1.165, 1.54) is 17.5 Å². The minimum absolute atomic E-state index is 0.00278. The Hall–Kier alpha value is -1.60. The second-order valence-corrected chi connectivity index (χ2v) is 5.82. The van der Waals surface area contributed by atoms with Crippen molar-refractivity contribution < 1.29 is 0 Å². The molecule has 1 saturated carbocycles. The number of benzene rings is 2. The molecule has 0 aliphatic heterocycles. The Balaban J connectivity index is 1.68. The summed E-state index contributed by atoms with van der Waals surface area (Å²) >= 11 is 0. The Morgan fingerprint density at radius 3 is 2.00 bits per heavy atom. The van der Waals surface area contributed by atoms with Gasteiger partial charge in [0.2, 0.25) is 0 Å². The quantitative estimate of drug-likeness (QED) is 0.883. The fourth-order valence-electron chi connectivity index (χ4n) is 3.13. The fourth-order valence-corrected chi connectivity index (χ4v) is 3.13. The lowest BCUT2D eigenvalue weighted by Gasteiger charge is -2.47. The van der Waals surface area contributed by atoms with Crippen LogP contribution in [0.15, 0.2) is 60.7 Å². The largest absolute Gasteiger partial charge is 0.325 e. The molecule has 2 N–H and O–H groups in total. The molecule has 1 aliphatic rings. The van der Waals surface area contributed by atoms with Gasteiger partial charge in [0, 0.05) is 5.54 Å². The summed E-state index contributed by atoms with van der Waals surface area (Å²) in [5.41, 5.74) is 9.40. The molecular weight excluding hydrogens is 230 g/mol. The van der Waals surface area contributed by atoms with Crippen LogP contribution in [0.3, 0.4) is 0 Å². The van der Waals surface area contributed by atoms with Crippen molar-refractivity contribution in [3.05, 3.63) is 71.8 Å². The van der Waals surface area contributed by atoms with E-state index in [1.54, 1.807) is 0 Å². The van der Waals surface area contributed by atoms with Gasteiger partial charge in [-0.25, -0.2) is 0 Å². The summed E-state index contributed by atoms with van der Waals surface area (Å²) in [6.07, 6.45) is 4.53. The summed E-state index contributed by atoms with van der Waals surface area (Å²) in [6, 6.07) is 21.4. The second-order valence-electron chi connectivity index (χ2n) is 5.82. The first-order valence-electron chi connectivity index (χ1n) is 7.13. The summed E-state index contributed by atoms with van der Waals surface area (Å²) < 4.78 is 0. The van der Waals surface area contributed by atoms with Crippen LogP contribution in [0.2, 0.25) is 0 Å². The van der Waals surface area contributed by atoms with Crippen LogP contribution >= 0.6 is 0 Å². The predicted octanol–water partition coefficient (Wildman–Crippen LogP) is 3.58. The van der Waals surface area contributed by atoms with E-state index in [9.17, 15) is 0 Å². The second kappa shape index (κ2) is 5.18. The van der Waals surface area contributed by atoms with E-state index >= 15 is 0 Å². The third kappa shape index (κ3) is 2.71. The molecule has 1 heteroatoms. The normalized spacial score (nSPS) is 25.8. The maximum Gasteiger partial charge on any atom is 0.0227 e. The maximum absolute atomic E-state index is 6.63. The first-order chi connectivity index (χ1) is 9.26. The molecular formula is C18H21N. The van der Waals surface area contributed by atoms with Crippen LogP contribution in [-0.2, 0) is 12.8 Å². The van der Waals surface area contributed by atoms with Crippen LogP contribution in [0.4, 0.5) is 0 Å². The standard InChI is InChI=1S/C18H21N/c19-18(14-16-9-5-2-6-10-16)12-11-17(18)13-15-7-3-1-4-8-15/h1-10,17H,11-14,19H2. The molecule has 2 aromatic rings. The highest BCUT2D eigenvalue weighted by Gasteiger charge is 2.42. The number of nitrogens with two attached hydrogens (primary N) is 1. The molecule has 0 amide bonds. The van der Waals surface area contributed by atoms with Crippen LogP contribution in [0.1, 0.15) is 24.0 Å². The Bertz CT molecular complexity index is 520. The molecule has 0 bridgehead atoms. The van der Waals surface area contributed by atoms with Crippen LogP contribution in [-0.4, -0.2) is 5.54 Å². The first kappa shape index (κ1) is 12.4. The zero-order valence-corrected chi connectivity index (χ0v) is 11.3. The molecule has 2 unspecified atom stereocenters. The molecule has 0 spiro atoms. The summed E-state index contributed by atoms with van der Waals surface area (Å²) in [6.45, 7) is 0. The van der Waals surface area contributed by atoms with Crippen molar-refractivity contribution in [1.29, 1.82) is 0 Å². The molecule has 0 radical (unpaired) electrons. The van der Waals surface area contributed by atoms with Gasteiger partial charge in [-0.15, -0.1) is 0 Å². The molecule has 2 atom stereocenters. The predicted molar refractivity (Wildman–Crippen MR) is 79.9 cm³/mol.